The first-order valence-corrected chi connectivity index (χ1v) is 19.2. The molecule has 0 unspecified atom stereocenters. The zero-order valence-electron chi connectivity index (χ0n) is 29.5. The molecule has 2 aromatic carbocycles. The van der Waals surface area contributed by atoms with Gasteiger partial charge >= 0.3 is 0 Å². The third-order valence-electron chi connectivity index (χ3n) is 9.12. The quantitative estimate of drug-likeness (QED) is 0.0990. The fraction of sp³-hybridized carbons (Fsp3) is 0.714. The molecule has 0 fully saturated rings. The zero-order valence-corrected chi connectivity index (χ0v) is 29.5. The van der Waals surface area contributed by atoms with E-state index in [1.54, 1.807) is 6.07 Å². The summed E-state index contributed by atoms with van der Waals surface area (Å²) in [7, 11) is 0. The van der Waals surface area contributed by atoms with Crippen molar-refractivity contribution in [3.05, 3.63) is 59.2 Å². The number of hydrogen-bond donors (Lipinski definition) is 2. The summed E-state index contributed by atoms with van der Waals surface area (Å²) in [6.07, 6.45) is 35.6. The summed E-state index contributed by atoms with van der Waals surface area (Å²) in [5, 5.41) is 19.9. The van der Waals surface area contributed by atoms with E-state index in [0.717, 1.165) is 24.8 Å². The second-order valence-electron chi connectivity index (χ2n) is 13.2. The lowest BCUT2D eigenvalue weighted by atomic mass is 9.95. The van der Waals surface area contributed by atoms with E-state index in [2.05, 4.69) is 26.8 Å². The van der Waals surface area contributed by atoms with Gasteiger partial charge in [0.25, 0.3) is 0 Å². The van der Waals surface area contributed by atoms with Crippen molar-refractivity contribution < 1.29 is 10.2 Å². The highest BCUT2D eigenvalue weighted by Crippen LogP contribution is 2.26. The molecular formula is C42H72O2. The van der Waals surface area contributed by atoms with E-state index in [4.69, 9.17) is 0 Å². The molecule has 0 aliphatic carbocycles. The Bertz CT molecular complexity index is 889. The molecule has 0 radical (unpaired) electrons. The summed E-state index contributed by atoms with van der Waals surface area (Å²) in [5.74, 6) is 0.977. The lowest BCUT2D eigenvalue weighted by molar-refractivity contribution is 0.464. The maximum absolute atomic E-state index is 10.3. The van der Waals surface area contributed by atoms with Crippen molar-refractivity contribution in [2.75, 3.05) is 0 Å². The molecule has 0 saturated carbocycles. The summed E-state index contributed by atoms with van der Waals surface area (Å²) in [4.78, 5) is 0. The molecule has 0 spiro atoms. The molecule has 0 aromatic heterocycles. The maximum Gasteiger partial charge on any atom is 0.119 e. The van der Waals surface area contributed by atoms with E-state index in [1.165, 1.54) is 165 Å². The minimum atomic E-state index is 0.457. The fourth-order valence-corrected chi connectivity index (χ4v) is 6.20. The standard InChI is InChI=1S/C24H42O.C18H30O/c1-3-5-7-9-11-13-15-18-22-19-17-21-24(25)23(22)20-16-14-12-10-8-6-4-2;1-2-3-4-5-6-7-8-9-10-11-14-17-15-12-13-16-18(17)19/h17,19,21,25H,3-16,18,20H2,1-2H3;12-13,15-16,19H,2-11,14H2,1H3. The number of aromatic hydroxyl groups is 2. The smallest absolute Gasteiger partial charge is 0.119 e. The lowest BCUT2D eigenvalue weighted by Crippen LogP contribution is -1.96. The van der Waals surface area contributed by atoms with Gasteiger partial charge in [0.05, 0.1) is 0 Å². The Morgan fingerprint density at radius 2 is 0.682 bits per heavy atom. The number of unbranched alkanes of at least 4 members (excludes halogenated alkanes) is 21. The van der Waals surface area contributed by atoms with Gasteiger partial charge in [-0.05, 0) is 67.3 Å². The van der Waals surface area contributed by atoms with Crippen LogP contribution in [0, 0.1) is 0 Å². The number of rotatable bonds is 27. The molecule has 0 amide bonds. The van der Waals surface area contributed by atoms with E-state index in [1.807, 2.05) is 30.3 Å². The highest BCUT2D eigenvalue weighted by Gasteiger charge is 2.08. The first-order valence-electron chi connectivity index (χ1n) is 19.2. The fourth-order valence-electron chi connectivity index (χ4n) is 6.20. The van der Waals surface area contributed by atoms with Gasteiger partial charge in [-0.3, -0.25) is 0 Å². The second-order valence-corrected chi connectivity index (χ2v) is 13.2. The lowest BCUT2D eigenvalue weighted by Gasteiger charge is -2.12. The minimum Gasteiger partial charge on any atom is -0.508 e. The topological polar surface area (TPSA) is 40.5 Å². The van der Waals surface area contributed by atoms with Crippen LogP contribution >= 0.6 is 0 Å². The minimum absolute atomic E-state index is 0.457. The van der Waals surface area contributed by atoms with Gasteiger partial charge in [0.1, 0.15) is 11.5 Å². The van der Waals surface area contributed by atoms with Crippen molar-refractivity contribution in [3.8, 4) is 11.5 Å². The first-order chi connectivity index (χ1) is 21.6. The van der Waals surface area contributed by atoms with Gasteiger partial charge < -0.3 is 10.2 Å². The van der Waals surface area contributed by atoms with Crippen molar-refractivity contribution in [2.24, 2.45) is 0 Å². The van der Waals surface area contributed by atoms with E-state index in [-0.39, 0.29) is 0 Å². The Hall–Kier alpha value is -1.96. The monoisotopic (exact) mass is 609 g/mol. The molecule has 44 heavy (non-hydrogen) atoms. The van der Waals surface area contributed by atoms with Gasteiger partial charge in [0.2, 0.25) is 0 Å². The largest absolute Gasteiger partial charge is 0.508 e. The number of aryl methyl sites for hydroxylation is 2. The number of phenols is 2. The van der Waals surface area contributed by atoms with Crippen molar-refractivity contribution in [1.82, 2.24) is 0 Å². The molecule has 0 atom stereocenters. The molecule has 0 aliphatic heterocycles. The highest BCUT2D eigenvalue weighted by atomic mass is 16.3. The van der Waals surface area contributed by atoms with Crippen LogP contribution in [0.15, 0.2) is 42.5 Å². The third kappa shape index (κ3) is 21.7. The average Bonchev–Trinajstić information content (AvgIpc) is 3.03. The average molecular weight is 609 g/mol. The normalized spacial score (nSPS) is 11.0. The SMILES string of the molecule is CCCCCCCCCCCCc1ccccc1O.CCCCCCCCCc1cccc(O)c1CCCCCCCCC. The van der Waals surface area contributed by atoms with Crippen LogP contribution in [0.3, 0.4) is 0 Å². The Balaban J connectivity index is 0.000000457. The van der Waals surface area contributed by atoms with Crippen molar-refractivity contribution in [1.29, 1.82) is 0 Å². The van der Waals surface area contributed by atoms with E-state index in [9.17, 15) is 10.2 Å². The van der Waals surface area contributed by atoms with E-state index >= 15 is 0 Å². The van der Waals surface area contributed by atoms with Gasteiger partial charge in [-0.15, -0.1) is 0 Å². The Morgan fingerprint density at radius 3 is 1.14 bits per heavy atom. The molecule has 2 nitrogen and oxygen atoms in total. The van der Waals surface area contributed by atoms with Crippen LogP contribution in [0.25, 0.3) is 0 Å². The Morgan fingerprint density at radius 1 is 0.341 bits per heavy atom. The van der Waals surface area contributed by atoms with Crippen LogP contribution in [-0.2, 0) is 19.3 Å². The van der Waals surface area contributed by atoms with Gasteiger partial charge in [-0.2, -0.15) is 0 Å². The predicted molar refractivity (Wildman–Crippen MR) is 195 cm³/mol. The van der Waals surface area contributed by atoms with Gasteiger partial charge in [-0.25, -0.2) is 0 Å². The molecule has 252 valence electrons. The molecule has 0 aliphatic rings. The van der Waals surface area contributed by atoms with Crippen LogP contribution in [0.1, 0.15) is 192 Å². The van der Waals surface area contributed by atoms with E-state index < -0.39 is 0 Å². The predicted octanol–water partition coefficient (Wildman–Crippen LogP) is 13.8. The molecule has 2 rings (SSSR count). The number of benzene rings is 2. The van der Waals surface area contributed by atoms with Crippen molar-refractivity contribution >= 4 is 0 Å². The summed E-state index contributed by atoms with van der Waals surface area (Å²) in [6.45, 7) is 6.81. The number of phenolic OH excluding ortho intramolecular Hbond substituents is 2. The van der Waals surface area contributed by atoms with Crippen molar-refractivity contribution in [2.45, 2.75) is 194 Å². The van der Waals surface area contributed by atoms with Crippen molar-refractivity contribution in [3.63, 3.8) is 0 Å². The van der Waals surface area contributed by atoms with Gasteiger partial charge in [0, 0.05) is 0 Å². The zero-order chi connectivity index (χ0) is 31.9. The summed E-state index contributed by atoms with van der Waals surface area (Å²) in [6, 6.07) is 13.8. The molecule has 0 heterocycles. The second kappa shape index (κ2) is 29.7. The highest BCUT2D eigenvalue weighted by molar-refractivity contribution is 5.39. The molecule has 2 N–H and O–H groups in total. The van der Waals surface area contributed by atoms with Gasteiger partial charge in [-0.1, -0.05) is 186 Å². The number of para-hydroxylation sites is 1. The summed E-state index contributed by atoms with van der Waals surface area (Å²) >= 11 is 0. The van der Waals surface area contributed by atoms with Crippen LogP contribution in [-0.4, -0.2) is 10.2 Å². The molecule has 2 heteroatoms. The molecule has 0 bridgehead atoms. The Labute approximate surface area is 274 Å². The first kappa shape index (κ1) is 40.1. The van der Waals surface area contributed by atoms with Crippen LogP contribution in [0.4, 0.5) is 0 Å². The van der Waals surface area contributed by atoms with E-state index in [0.29, 0.717) is 11.5 Å². The number of hydrogen-bond acceptors (Lipinski definition) is 2. The third-order valence-corrected chi connectivity index (χ3v) is 9.12. The maximum atomic E-state index is 10.3. The Kier molecular flexibility index (Phi) is 27.1. The molecule has 2 aromatic rings. The van der Waals surface area contributed by atoms with Crippen LogP contribution in [0.2, 0.25) is 0 Å². The molecule has 0 saturated heterocycles. The van der Waals surface area contributed by atoms with Crippen LogP contribution < -0.4 is 0 Å². The summed E-state index contributed by atoms with van der Waals surface area (Å²) in [5.41, 5.74) is 3.71. The molecular weight excluding hydrogens is 536 g/mol. The van der Waals surface area contributed by atoms with Crippen LogP contribution in [0.5, 0.6) is 11.5 Å². The summed E-state index contributed by atoms with van der Waals surface area (Å²) < 4.78 is 0. The van der Waals surface area contributed by atoms with Gasteiger partial charge in [0.15, 0.2) is 0 Å².